The van der Waals surface area contributed by atoms with Crippen LogP contribution in [0.15, 0.2) is 18.7 Å². The highest BCUT2D eigenvalue weighted by molar-refractivity contribution is 5.83. The fourth-order valence-corrected chi connectivity index (χ4v) is 2.81. The number of imidazole rings is 1. The summed E-state index contributed by atoms with van der Waals surface area (Å²) in [6.45, 7) is 5.57. The molecule has 1 aliphatic rings. The Kier molecular flexibility index (Phi) is 4.96. The van der Waals surface area contributed by atoms with Crippen molar-refractivity contribution in [1.29, 1.82) is 0 Å². The zero-order chi connectivity index (χ0) is 13.6. The van der Waals surface area contributed by atoms with Gasteiger partial charge in [0.05, 0.1) is 11.7 Å². The lowest BCUT2D eigenvalue weighted by atomic mass is 9.81. The summed E-state index contributed by atoms with van der Waals surface area (Å²) in [6.07, 6.45) is 9.48. The van der Waals surface area contributed by atoms with E-state index in [1.165, 1.54) is 0 Å². The number of aryl methyl sites for hydroxylation is 1. The zero-order valence-corrected chi connectivity index (χ0v) is 11.7. The van der Waals surface area contributed by atoms with Crippen LogP contribution in [0.4, 0.5) is 0 Å². The molecule has 1 aromatic heterocycles. The molecule has 1 saturated heterocycles. The van der Waals surface area contributed by atoms with Gasteiger partial charge in [0.1, 0.15) is 0 Å². The Morgan fingerprint density at radius 2 is 2.47 bits per heavy atom. The van der Waals surface area contributed by atoms with Gasteiger partial charge in [0.25, 0.3) is 0 Å². The molecular formula is C14H24N4O. The van der Waals surface area contributed by atoms with Crippen LogP contribution in [0.3, 0.4) is 0 Å². The van der Waals surface area contributed by atoms with Gasteiger partial charge in [0.2, 0.25) is 5.91 Å². The van der Waals surface area contributed by atoms with Crippen molar-refractivity contribution in [2.75, 3.05) is 19.6 Å². The third-order valence-corrected chi connectivity index (χ3v) is 3.89. The summed E-state index contributed by atoms with van der Waals surface area (Å²) in [5, 5.41) is 6.42. The van der Waals surface area contributed by atoms with Gasteiger partial charge in [-0.2, -0.15) is 0 Å². The van der Waals surface area contributed by atoms with Gasteiger partial charge in [-0.25, -0.2) is 4.98 Å². The van der Waals surface area contributed by atoms with Gasteiger partial charge in [-0.3, -0.25) is 4.79 Å². The fourth-order valence-electron chi connectivity index (χ4n) is 2.81. The van der Waals surface area contributed by atoms with Crippen molar-refractivity contribution in [2.24, 2.45) is 5.41 Å². The zero-order valence-electron chi connectivity index (χ0n) is 11.7. The van der Waals surface area contributed by atoms with Gasteiger partial charge in [0.15, 0.2) is 0 Å². The Balaban J connectivity index is 1.73. The average molecular weight is 264 g/mol. The van der Waals surface area contributed by atoms with Crippen molar-refractivity contribution in [3.05, 3.63) is 18.7 Å². The van der Waals surface area contributed by atoms with Crippen LogP contribution in [-0.2, 0) is 11.3 Å². The summed E-state index contributed by atoms with van der Waals surface area (Å²) < 4.78 is 2.03. The molecule has 1 atom stereocenters. The second-order valence-corrected chi connectivity index (χ2v) is 5.37. The predicted molar refractivity (Wildman–Crippen MR) is 74.7 cm³/mol. The maximum Gasteiger partial charge on any atom is 0.227 e. The van der Waals surface area contributed by atoms with Crippen LogP contribution in [0, 0.1) is 5.41 Å². The monoisotopic (exact) mass is 264 g/mol. The Hall–Kier alpha value is -1.36. The van der Waals surface area contributed by atoms with Crippen LogP contribution in [0.1, 0.15) is 32.6 Å². The standard InChI is InChI=1S/C14H24N4O/c1-2-4-14(5-7-15-11-14)13(19)17-6-3-9-18-10-8-16-12-18/h8,10,12,15H,2-7,9,11H2,1H3,(H,17,19). The number of hydrogen-bond donors (Lipinski definition) is 2. The molecule has 0 bridgehead atoms. The summed E-state index contributed by atoms with van der Waals surface area (Å²) in [5.41, 5.74) is -0.163. The van der Waals surface area contributed by atoms with E-state index >= 15 is 0 Å². The van der Waals surface area contributed by atoms with Gasteiger partial charge in [-0.05, 0) is 25.8 Å². The van der Waals surface area contributed by atoms with E-state index in [2.05, 4.69) is 22.5 Å². The fraction of sp³-hybridized carbons (Fsp3) is 0.714. The molecule has 1 amide bonds. The summed E-state index contributed by atoms with van der Waals surface area (Å²) >= 11 is 0. The lowest BCUT2D eigenvalue weighted by Crippen LogP contribution is -2.43. The van der Waals surface area contributed by atoms with Crippen molar-refractivity contribution in [3.63, 3.8) is 0 Å². The Morgan fingerprint density at radius 1 is 1.58 bits per heavy atom. The first-order valence-electron chi connectivity index (χ1n) is 7.21. The highest BCUT2D eigenvalue weighted by Gasteiger charge is 2.39. The van der Waals surface area contributed by atoms with Crippen molar-refractivity contribution in [2.45, 2.75) is 39.2 Å². The second kappa shape index (κ2) is 6.70. The van der Waals surface area contributed by atoms with Crippen LogP contribution in [0.25, 0.3) is 0 Å². The molecule has 1 aromatic rings. The quantitative estimate of drug-likeness (QED) is 0.727. The summed E-state index contributed by atoms with van der Waals surface area (Å²) in [4.78, 5) is 16.4. The van der Waals surface area contributed by atoms with Crippen molar-refractivity contribution < 1.29 is 4.79 Å². The van der Waals surface area contributed by atoms with Gasteiger partial charge in [-0.15, -0.1) is 0 Å². The molecule has 1 unspecified atom stereocenters. The number of aromatic nitrogens is 2. The second-order valence-electron chi connectivity index (χ2n) is 5.37. The van der Waals surface area contributed by atoms with E-state index in [0.29, 0.717) is 0 Å². The number of amides is 1. The van der Waals surface area contributed by atoms with E-state index in [4.69, 9.17) is 0 Å². The Bertz CT molecular complexity index is 382. The third-order valence-electron chi connectivity index (χ3n) is 3.89. The molecule has 2 heterocycles. The minimum absolute atomic E-state index is 0.163. The maximum absolute atomic E-state index is 12.3. The number of hydrogen-bond acceptors (Lipinski definition) is 3. The summed E-state index contributed by atoms with van der Waals surface area (Å²) in [7, 11) is 0. The smallest absolute Gasteiger partial charge is 0.227 e. The molecule has 0 radical (unpaired) electrons. The third kappa shape index (κ3) is 3.56. The minimum atomic E-state index is -0.163. The van der Waals surface area contributed by atoms with Crippen LogP contribution < -0.4 is 10.6 Å². The van der Waals surface area contributed by atoms with Crippen LogP contribution in [0.5, 0.6) is 0 Å². The van der Waals surface area contributed by atoms with Crippen LogP contribution in [-0.4, -0.2) is 35.1 Å². The Morgan fingerprint density at radius 3 is 3.11 bits per heavy atom. The van der Waals surface area contributed by atoms with Crippen LogP contribution in [0.2, 0.25) is 0 Å². The lowest BCUT2D eigenvalue weighted by Gasteiger charge is -2.26. The molecule has 1 aliphatic heterocycles. The first-order chi connectivity index (χ1) is 9.27. The number of carbonyl (C=O) groups excluding carboxylic acids is 1. The van der Waals surface area contributed by atoms with Gasteiger partial charge < -0.3 is 15.2 Å². The minimum Gasteiger partial charge on any atom is -0.356 e. The first kappa shape index (κ1) is 14.1. The number of rotatable bonds is 7. The molecule has 2 rings (SSSR count). The Labute approximate surface area is 114 Å². The molecule has 5 nitrogen and oxygen atoms in total. The van der Waals surface area contributed by atoms with Crippen molar-refractivity contribution in [3.8, 4) is 0 Å². The summed E-state index contributed by atoms with van der Waals surface area (Å²) in [5.74, 6) is 0.227. The van der Waals surface area contributed by atoms with E-state index in [1.54, 1.807) is 12.5 Å². The summed E-state index contributed by atoms with van der Waals surface area (Å²) in [6, 6.07) is 0. The van der Waals surface area contributed by atoms with E-state index in [-0.39, 0.29) is 11.3 Å². The van der Waals surface area contributed by atoms with Gasteiger partial charge in [-0.1, -0.05) is 13.3 Å². The van der Waals surface area contributed by atoms with E-state index in [9.17, 15) is 4.79 Å². The normalized spacial score (nSPS) is 22.6. The number of carbonyl (C=O) groups is 1. The molecule has 1 fully saturated rings. The predicted octanol–water partition coefficient (Wildman–Crippen LogP) is 1.17. The van der Waals surface area contributed by atoms with E-state index in [1.807, 2.05) is 10.8 Å². The maximum atomic E-state index is 12.3. The number of nitrogens with zero attached hydrogens (tertiary/aromatic N) is 2. The van der Waals surface area contributed by atoms with Gasteiger partial charge in [0, 0.05) is 32.0 Å². The van der Waals surface area contributed by atoms with E-state index in [0.717, 1.165) is 51.9 Å². The molecule has 0 aromatic carbocycles. The molecule has 19 heavy (non-hydrogen) atoms. The van der Waals surface area contributed by atoms with Gasteiger partial charge >= 0.3 is 0 Å². The van der Waals surface area contributed by atoms with Crippen molar-refractivity contribution in [1.82, 2.24) is 20.2 Å². The molecule has 0 spiro atoms. The molecule has 106 valence electrons. The lowest BCUT2D eigenvalue weighted by molar-refractivity contribution is -0.130. The largest absolute Gasteiger partial charge is 0.356 e. The highest BCUT2D eigenvalue weighted by Crippen LogP contribution is 2.31. The molecule has 0 saturated carbocycles. The topological polar surface area (TPSA) is 59.0 Å². The van der Waals surface area contributed by atoms with Crippen molar-refractivity contribution >= 4 is 5.91 Å². The molecule has 2 N–H and O–H groups in total. The molecular weight excluding hydrogens is 240 g/mol. The molecule has 5 heteroatoms. The van der Waals surface area contributed by atoms with E-state index < -0.39 is 0 Å². The average Bonchev–Trinajstić information content (AvgIpc) is 3.06. The highest BCUT2D eigenvalue weighted by atomic mass is 16.2. The number of nitrogens with one attached hydrogen (secondary N) is 2. The first-order valence-corrected chi connectivity index (χ1v) is 7.21. The SMILES string of the molecule is CCCC1(C(=O)NCCCn2ccnc2)CCNC1. The van der Waals surface area contributed by atoms with Crippen LogP contribution >= 0.6 is 0 Å². The molecule has 0 aliphatic carbocycles.